The van der Waals surface area contributed by atoms with E-state index in [1.807, 2.05) is 58.0 Å². The number of aryl methyl sites for hydroxylation is 4. The molecule has 0 spiro atoms. The molecule has 0 saturated heterocycles. The van der Waals surface area contributed by atoms with Crippen LogP contribution in [-0.2, 0) is 22.2 Å². The van der Waals surface area contributed by atoms with Crippen LogP contribution in [0.1, 0.15) is 125 Å². The maximum Gasteiger partial charge on any atom is 0.270 e. The van der Waals surface area contributed by atoms with Crippen molar-refractivity contribution in [3.05, 3.63) is 193 Å². The number of aromatic nitrogens is 4. The Hall–Kier alpha value is -10.9. The number of carbonyl (C=O) groups excluding carboxylic acids is 2. The van der Waals surface area contributed by atoms with Crippen molar-refractivity contribution < 1.29 is 9.59 Å². The molecule has 1 aliphatic heterocycles. The number of fused-ring (bicyclic) bond motifs is 11. The molecule has 0 amide bonds. The first-order valence-corrected chi connectivity index (χ1v) is 35.5. The number of nitrogens with zero attached hydrogens (tertiary/aromatic N) is 14. The fourth-order valence-corrected chi connectivity index (χ4v) is 23.2. The molecule has 10 heterocycles. The van der Waals surface area contributed by atoms with Crippen LogP contribution in [0.3, 0.4) is 0 Å². The molecule has 16 nitrogen and oxygen atoms in total. The second-order valence-electron chi connectivity index (χ2n) is 24.1. The summed E-state index contributed by atoms with van der Waals surface area (Å²) < 4.78 is 9.89. The lowest BCUT2D eigenvalue weighted by atomic mass is 9.83. The molecule has 0 unspecified atom stereocenters. The van der Waals surface area contributed by atoms with Gasteiger partial charge in [0, 0.05) is 83.3 Å². The lowest BCUT2D eigenvalue weighted by Gasteiger charge is -2.19. The third kappa shape index (κ3) is 8.33. The van der Waals surface area contributed by atoms with Gasteiger partial charge in [-0.05, 0) is 122 Å². The summed E-state index contributed by atoms with van der Waals surface area (Å²) in [4.78, 5) is 73.4. The third-order valence-electron chi connectivity index (χ3n) is 18.3. The lowest BCUT2D eigenvalue weighted by molar-refractivity contribution is 0.103. The van der Waals surface area contributed by atoms with E-state index in [4.69, 9.17) is 48.4 Å². The molecular weight excluding hydrogens is 1350 g/mol. The van der Waals surface area contributed by atoms with Crippen LogP contribution in [0.4, 0.5) is 22.7 Å². The summed E-state index contributed by atoms with van der Waals surface area (Å²) in [5, 5.41) is 50.4. The van der Waals surface area contributed by atoms with Gasteiger partial charge in [-0.2, -0.15) is 29.8 Å². The Bertz CT molecular complexity index is 5880. The van der Waals surface area contributed by atoms with Gasteiger partial charge in [0.15, 0.2) is 11.6 Å². The number of Topliss-reactive ketones (excluding diaryl/α,β-unsaturated/α-hetero) is 2. The molecule has 0 saturated carbocycles. The van der Waals surface area contributed by atoms with E-state index >= 15 is 0 Å². The Morgan fingerprint density at radius 2 is 0.833 bits per heavy atom. The van der Waals surface area contributed by atoms with Crippen molar-refractivity contribution >= 4 is 170 Å². The van der Waals surface area contributed by atoms with Gasteiger partial charge in [0.25, 0.3) is 5.70 Å². The molecule has 0 N–H and O–H groups in total. The highest BCUT2D eigenvalue weighted by Gasteiger charge is 2.44. The Kier molecular flexibility index (Phi) is 13.3. The molecule has 9 aromatic heterocycles. The van der Waals surface area contributed by atoms with Crippen LogP contribution >= 0.6 is 79.4 Å². The quantitative estimate of drug-likeness (QED) is 0.0861. The zero-order valence-electron chi connectivity index (χ0n) is 51.1. The van der Waals surface area contributed by atoms with Crippen molar-refractivity contribution in [2.45, 2.75) is 66.2 Å². The van der Waals surface area contributed by atoms with Gasteiger partial charge in [-0.25, -0.2) is 39.7 Å². The number of carbonyl (C=O) groups is 2. The van der Waals surface area contributed by atoms with Crippen LogP contribution in [0, 0.1) is 104 Å². The van der Waals surface area contributed by atoms with Crippen molar-refractivity contribution in [3.63, 3.8) is 0 Å². The molecule has 16 rings (SSSR count). The Morgan fingerprint density at radius 3 is 1.23 bits per heavy atom. The van der Waals surface area contributed by atoms with Crippen LogP contribution in [0.25, 0.3) is 118 Å². The number of thiophene rings is 7. The second-order valence-corrected chi connectivity index (χ2v) is 32.0. The van der Waals surface area contributed by atoms with Gasteiger partial charge in [0.1, 0.15) is 51.2 Å². The van der Waals surface area contributed by atoms with Crippen LogP contribution < -0.4 is 0 Å². The number of hydrogen-bond acceptors (Lipinski definition) is 20. The minimum absolute atomic E-state index is 0.00243. The number of ketones is 2. The van der Waals surface area contributed by atoms with E-state index in [1.54, 1.807) is 68.8 Å². The van der Waals surface area contributed by atoms with Crippen LogP contribution in [0.5, 0.6) is 0 Å². The number of hydrogen-bond donors (Lipinski definition) is 0. The lowest BCUT2D eigenvalue weighted by Crippen LogP contribution is -2.13. The zero-order chi connectivity index (χ0) is 67.0. The fraction of sp³-hybridized carbons (Fsp3) is 0.139. The summed E-state index contributed by atoms with van der Waals surface area (Å²) in [6.07, 6.45) is 3.35. The average molecular weight is 1380 g/mol. The predicted molar refractivity (Wildman–Crippen MR) is 382 cm³/mol. The molecule has 2 aromatic carbocycles. The maximum absolute atomic E-state index is 14.4. The van der Waals surface area contributed by atoms with Crippen molar-refractivity contribution in [3.8, 4) is 88.9 Å². The largest absolute Gasteiger partial charge is 0.289 e. The minimum atomic E-state index is -0.470. The van der Waals surface area contributed by atoms with Crippen molar-refractivity contribution in [1.82, 2.24) is 19.9 Å². The summed E-state index contributed by atoms with van der Waals surface area (Å²) in [5.74, 6) is -0.935. The molecule has 0 atom stereocenters. The van der Waals surface area contributed by atoms with E-state index in [1.165, 1.54) is 90.3 Å². The Labute approximate surface area is 578 Å². The first kappa shape index (κ1) is 60.0. The minimum Gasteiger partial charge on any atom is -0.289 e. The van der Waals surface area contributed by atoms with Crippen molar-refractivity contribution in [1.29, 1.82) is 26.3 Å². The molecule has 0 radical (unpaired) electrons. The standard InChI is InChI=1S/C72H34N14O2S8/c1-27-29(3)83-57-55(81-27)47(16-38-53(33(24-75)25-76)34-12-31(22-73)45(79-10)15-37(34)62(38)88)89-67(57)49-18-40-63(91-49)65-42(71(40,5)6)20-51(93-65)69-59-60(86-96-85-59)70(95-69)52-21-43-66(94-52)64-41(72(43,7)8)19-50(92-64)68-58-56(82-28(2)30(4)84-58)48(90-68)17-39-54(46(26-77)80-11)35-14-44(78-9)32(23-74)13-36(35)61(39)87/h12-21H,1-8H3/b38-16-,39-17-,54-46+. The van der Waals surface area contributed by atoms with E-state index in [2.05, 4.69) is 66.5 Å². The molecule has 5 aliphatic rings. The first-order valence-electron chi connectivity index (χ1n) is 29.1. The Morgan fingerprint density at radius 1 is 0.458 bits per heavy atom. The third-order valence-corrected chi connectivity index (χ3v) is 27.8. The monoisotopic (exact) mass is 1380 g/mol. The van der Waals surface area contributed by atoms with Crippen molar-refractivity contribution in [2.24, 2.45) is 8.73 Å². The molecule has 24 heteroatoms. The molecule has 452 valence electrons. The summed E-state index contributed by atoms with van der Waals surface area (Å²) >= 11 is 12.6. The second kappa shape index (κ2) is 21.3. The molecule has 0 fully saturated rings. The molecule has 0 bridgehead atoms. The normalized spacial score (nSPS) is 15.8. The van der Waals surface area contributed by atoms with Gasteiger partial charge in [0.2, 0.25) is 11.4 Å². The summed E-state index contributed by atoms with van der Waals surface area (Å²) in [6, 6.07) is 24.6. The molecule has 11 aromatic rings. The highest BCUT2D eigenvalue weighted by atomic mass is 32.1. The van der Waals surface area contributed by atoms with Gasteiger partial charge < -0.3 is 0 Å². The van der Waals surface area contributed by atoms with Gasteiger partial charge >= 0.3 is 0 Å². The van der Waals surface area contributed by atoms with Gasteiger partial charge in [-0.3, -0.25) is 9.59 Å². The molecule has 4 aliphatic carbocycles. The summed E-state index contributed by atoms with van der Waals surface area (Å²) in [7, 11) is 0. The molecule has 96 heavy (non-hydrogen) atoms. The maximum atomic E-state index is 14.4. The number of benzene rings is 2. The summed E-state index contributed by atoms with van der Waals surface area (Å²) in [5.41, 5.74) is 11.8. The smallest absolute Gasteiger partial charge is 0.270 e. The van der Waals surface area contributed by atoms with E-state index in [-0.39, 0.29) is 78.3 Å². The van der Waals surface area contributed by atoms with Crippen molar-refractivity contribution in [2.75, 3.05) is 0 Å². The topological polar surface area (TPSA) is 242 Å². The highest BCUT2D eigenvalue weighted by Crippen LogP contribution is 2.65. The Balaban J connectivity index is 0.753. The number of nitriles is 5. The average Bonchev–Trinajstić information content (AvgIpc) is 1.58. The number of rotatable bonds is 6. The summed E-state index contributed by atoms with van der Waals surface area (Å²) in [6.45, 7) is 39.9. The van der Waals surface area contributed by atoms with E-state index in [0.717, 1.165) is 71.5 Å². The van der Waals surface area contributed by atoms with E-state index in [0.29, 0.717) is 43.2 Å². The van der Waals surface area contributed by atoms with Crippen LogP contribution in [0.2, 0.25) is 0 Å². The first-order chi connectivity index (χ1) is 46.2. The highest BCUT2D eigenvalue weighted by molar-refractivity contribution is 7.58. The predicted octanol–water partition coefficient (Wildman–Crippen LogP) is 20.6. The zero-order valence-corrected chi connectivity index (χ0v) is 57.6. The van der Waals surface area contributed by atoms with Crippen LogP contribution in [0.15, 0.2) is 79.7 Å². The van der Waals surface area contributed by atoms with E-state index < -0.39 is 22.4 Å². The number of allylic oxidation sites excluding steroid dienone is 6. The molecular formula is C72H34N14O2S8. The van der Waals surface area contributed by atoms with E-state index in [9.17, 15) is 35.9 Å². The van der Waals surface area contributed by atoms with Gasteiger partial charge in [-0.1, -0.05) is 27.7 Å². The van der Waals surface area contributed by atoms with Gasteiger partial charge in [-0.15, -0.1) is 79.4 Å². The SMILES string of the molecule is [C-]#[N+]/C(C#N)=C1/C(=C/c2sc(-c3cc4c(s3)-c3sc(-c5sc(-c6cc7c(s6)-c6sc(-c8sc(/C=C9\C(=O)c%10cc([N+]#[C-])c(C#N)cc%10C9=C(C#N)C#N)c9nc(C)c(C)nc89)cc6C7(C)C)c6c5N=S=N6)cc3C4(C)C)c3nc(C)c(C)nc23)C(=O)c2cc(C#N)c([N+]#[C-])cc21. The van der Waals surface area contributed by atoms with Gasteiger partial charge in [0.05, 0.1) is 112 Å². The van der Waals surface area contributed by atoms with Crippen LogP contribution in [-0.4, -0.2) is 31.5 Å². The fourth-order valence-electron chi connectivity index (χ4n) is 13.1.